The number of amides is 2. The number of carbonyl (C=O) groups excluding carboxylic acids is 2. The van der Waals surface area contributed by atoms with Crippen LogP contribution in [0.4, 0.5) is 10.5 Å². The van der Waals surface area contributed by atoms with Crippen LogP contribution in [0.1, 0.15) is 43.4 Å². The molecule has 9 nitrogen and oxygen atoms in total. The number of quaternary nitrogens is 1. The molecule has 9 heteroatoms. The molecule has 0 radical (unpaired) electrons. The number of hydrogen-bond acceptors (Lipinski definition) is 5. The molecule has 2 aliphatic rings. The molecule has 3 N–H and O–H groups in total. The number of benzene rings is 3. The highest BCUT2D eigenvalue weighted by Gasteiger charge is 2.46. The van der Waals surface area contributed by atoms with Crippen LogP contribution in [0.2, 0.25) is 0 Å². The van der Waals surface area contributed by atoms with E-state index in [2.05, 4.69) is 22.3 Å². The van der Waals surface area contributed by atoms with Gasteiger partial charge in [-0.25, -0.2) is 4.79 Å². The Morgan fingerprint density at radius 1 is 1.12 bits per heavy atom. The third-order valence-electron chi connectivity index (χ3n) is 7.91. The van der Waals surface area contributed by atoms with Gasteiger partial charge in [-0.1, -0.05) is 54.6 Å². The van der Waals surface area contributed by atoms with Gasteiger partial charge in [0.15, 0.2) is 6.04 Å². The highest BCUT2D eigenvalue weighted by atomic mass is 16.6. The molecule has 1 saturated heterocycles. The van der Waals surface area contributed by atoms with E-state index in [1.165, 1.54) is 0 Å². The maximum Gasteiger partial charge on any atom is 0.435 e. The summed E-state index contributed by atoms with van der Waals surface area (Å²) in [6.07, 6.45) is 0.900. The Labute approximate surface area is 234 Å². The minimum atomic E-state index is -0.854. The third kappa shape index (κ3) is 5.72. The molecule has 2 heterocycles. The Hall–Kier alpha value is -3.79. The van der Waals surface area contributed by atoms with Gasteiger partial charge in [0.1, 0.15) is 18.1 Å². The lowest BCUT2D eigenvalue weighted by atomic mass is 10.0. The first-order chi connectivity index (χ1) is 19.1. The molecule has 0 aromatic heterocycles. The van der Waals surface area contributed by atoms with Crippen LogP contribution in [0, 0.1) is 5.21 Å². The van der Waals surface area contributed by atoms with E-state index in [1.54, 1.807) is 26.0 Å². The molecule has 2 unspecified atom stereocenters. The number of nitrogens with one attached hydrogen (secondary N) is 1. The first-order valence-electron chi connectivity index (χ1n) is 13.9. The minimum absolute atomic E-state index is 0.0376. The second-order valence-corrected chi connectivity index (χ2v) is 11.2. The van der Waals surface area contributed by atoms with Gasteiger partial charge in [0.05, 0.1) is 6.10 Å². The largest absolute Gasteiger partial charge is 0.627 e. The normalized spacial score (nSPS) is 21.9. The predicted octanol–water partition coefficient (Wildman–Crippen LogP) is 4.23. The van der Waals surface area contributed by atoms with Crippen LogP contribution in [0.3, 0.4) is 0 Å². The number of nitrogens with two attached hydrogens (primary N) is 1. The van der Waals surface area contributed by atoms with E-state index < -0.39 is 16.8 Å². The molecule has 3 aromatic rings. The molecule has 0 aliphatic carbocycles. The van der Waals surface area contributed by atoms with E-state index in [-0.39, 0.29) is 30.4 Å². The molecule has 0 spiro atoms. The minimum Gasteiger partial charge on any atom is -0.627 e. The summed E-state index contributed by atoms with van der Waals surface area (Å²) in [5, 5.41) is 20.2. The summed E-state index contributed by atoms with van der Waals surface area (Å²) in [4.78, 5) is 32.0. The number of fused-ring (bicyclic) bond motifs is 2. The number of likely N-dealkylation sites (tertiary alicyclic amines) is 1. The Kier molecular flexibility index (Phi) is 7.89. The lowest BCUT2D eigenvalue weighted by molar-refractivity contribution is -0.126. The second-order valence-electron chi connectivity index (χ2n) is 11.2. The zero-order valence-corrected chi connectivity index (χ0v) is 23.3. The lowest BCUT2D eigenvalue weighted by Gasteiger charge is -2.44. The first kappa shape index (κ1) is 27.8. The Bertz CT molecular complexity index is 1440. The maximum absolute atomic E-state index is 15.0. The summed E-state index contributed by atoms with van der Waals surface area (Å²) in [7, 11) is 2.07. The smallest absolute Gasteiger partial charge is 0.435 e. The fourth-order valence-corrected chi connectivity index (χ4v) is 5.77. The van der Waals surface area contributed by atoms with E-state index in [0.717, 1.165) is 47.8 Å². The van der Waals surface area contributed by atoms with Crippen LogP contribution >= 0.6 is 0 Å². The van der Waals surface area contributed by atoms with Gasteiger partial charge in [-0.3, -0.25) is 4.79 Å². The van der Waals surface area contributed by atoms with Gasteiger partial charge in [0.2, 0.25) is 0 Å². The summed E-state index contributed by atoms with van der Waals surface area (Å²) >= 11 is 0. The van der Waals surface area contributed by atoms with Crippen molar-refractivity contribution in [1.82, 2.24) is 14.9 Å². The summed E-state index contributed by atoms with van der Waals surface area (Å²) in [6, 6.07) is 18.3. The first-order valence-corrected chi connectivity index (χ1v) is 13.9. The number of hydrogen-bond donors (Lipinski definition) is 2. The van der Waals surface area contributed by atoms with Crippen molar-refractivity contribution in [2.24, 2.45) is 10.7 Å². The number of aliphatic imine (C=N–C) groups is 1. The highest BCUT2D eigenvalue weighted by molar-refractivity contribution is 6.03. The molecule has 5 rings (SSSR count). The average Bonchev–Trinajstić information content (AvgIpc) is 3.21. The number of piperidine rings is 1. The topological polar surface area (TPSA) is 120 Å². The van der Waals surface area contributed by atoms with Gasteiger partial charge in [-0.05, 0) is 57.6 Å². The molecule has 2 atom stereocenters. The molecular weight excluding hydrogens is 506 g/mol. The van der Waals surface area contributed by atoms with Crippen molar-refractivity contribution in [3.8, 4) is 0 Å². The summed E-state index contributed by atoms with van der Waals surface area (Å²) in [6.45, 7) is 5.35. The molecule has 210 valence electrons. The Morgan fingerprint density at radius 2 is 1.85 bits per heavy atom. The van der Waals surface area contributed by atoms with E-state index in [1.807, 2.05) is 48.5 Å². The van der Waals surface area contributed by atoms with Crippen molar-refractivity contribution >= 4 is 34.3 Å². The standard InChI is InChI=1S/C31H37N5O4/c1-20(2)40-31(38)34-29(32)23-12-11-22-17-28(30(37)33-25-13-15-35(3)16-14-25)36(39,27(22)18-23)19-24-9-6-8-21-7-4-5-10-26(21)24/h4-12,18,20,25,28H,13-17,19H2,1-3H3,(H,33,37)(H2,32,34,38). The Morgan fingerprint density at radius 3 is 2.60 bits per heavy atom. The summed E-state index contributed by atoms with van der Waals surface area (Å²) in [5.74, 6) is -0.269. The molecule has 0 saturated carbocycles. The lowest BCUT2D eigenvalue weighted by Crippen LogP contribution is -2.58. The van der Waals surface area contributed by atoms with Crippen LogP contribution in [0.5, 0.6) is 0 Å². The van der Waals surface area contributed by atoms with Crippen LogP contribution in [-0.2, 0) is 22.5 Å². The molecule has 1 fully saturated rings. The number of rotatable bonds is 6. The maximum atomic E-state index is 15.0. The van der Waals surface area contributed by atoms with Crippen molar-refractivity contribution < 1.29 is 14.3 Å². The van der Waals surface area contributed by atoms with Gasteiger partial charge in [0.25, 0.3) is 5.91 Å². The van der Waals surface area contributed by atoms with E-state index >= 15 is 5.21 Å². The summed E-state index contributed by atoms with van der Waals surface area (Å²) in [5.41, 5.74) is 8.73. The number of nitrogens with zero attached hydrogens (tertiary/aromatic N) is 3. The zero-order valence-electron chi connectivity index (χ0n) is 23.3. The van der Waals surface area contributed by atoms with Crippen molar-refractivity contribution in [2.75, 3.05) is 20.1 Å². The van der Waals surface area contributed by atoms with Crippen LogP contribution in [0.25, 0.3) is 10.8 Å². The number of carbonyl (C=O) groups is 2. The van der Waals surface area contributed by atoms with Gasteiger partial charge >= 0.3 is 6.09 Å². The second kappa shape index (κ2) is 11.4. The highest BCUT2D eigenvalue weighted by Crippen LogP contribution is 2.42. The average molecular weight is 544 g/mol. The van der Waals surface area contributed by atoms with Crippen molar-refractivity contribution in [1.29, 1.82) is 0 Å². The number of ether oxygens (including phenoxy) is 1. The molecule has 3 aromatic carbocycles. The quantitative estimate of drug-likeness (QED) is 0.208. The Balaban J connectivity index is 1.52. The van der Waals surface area contributed by atoms with Crippen molar-refractivity contribution in [3.05, 3.63) is 82.6 Å². The zero-order chi connectivity index (χ0) is 28.4. The number of amidine groups is 1. The van der Waals surface area contributed by atoms with Gasteiger partial charge in [-0.2, -0.15) is 4.99 Å². The fourth-order valence-electron chi connectivity index (χ4n) is 5.77. The number of hydroxylamine groups is 2. The molecule has 2 amide bonds. The predicted molar refractivity (Wildman–Crippen MR) is 158 cm³/mol. The monoisotopic (exact) mass is 543 g/mol. The fraction of sp³-hybridized carbons (Fsp3) is 0.387. The molecular formula is C31H37N5O4. The molecule has 0 bridgehead atoms. The SMILES string of the molecule is CC(C)OC(=O)/N=C(/N)c1ccc2c(c1)[N+]([O-])(Cc1cccc3ccccc13)C(C(=O)NC1CCN(C)CC1)C2. The van der Waals surface area contributed by atoms with Crippen molar-refractivity contribution in [2.45, 2.75) is 57.8 Å². The van der Waals surface area contributed by atoms with Crippen LogP contribution in [0.15, 0.2) is 65.7 Å². The third-order valence-corrected chi connectivity index (χ3v) is 7.91. The van der Waals surface area contributed by atoms with Gasteiger partial charge in [-0.15, -0.1) is 0 Å². The summed E-state index contributed by atoms with van der Waals surface area (Å²) < 4.78 is 4.25. The molecule has 40 heavy (non-hydrogen) atoms. The van der Waals surface area contributed by atoms with Gasteiger partial charge in [0, 0.05) is 35.2 Å². The molecule has 2 aliphatic heterocycles. The van der Waals surface area contributed by atoms with E-state index in [9.17, 15) is 9.59 Å². The van der Waals surface area contributed by atoms with Crippen molar-refractivity contribution in [3.63, 3.8) is 0 Å². The van der Waals surface area contributed by atoms with E-state index in [0.29, 0.717) is 17.7 Å². The van der Waals surface area contributed by atoms with E-state index in [4.69, 9.17) is 10.5 Å². The van der Waals surface area contributed by atoms with Crippen LogP contribution in [-0.4, -0.2) is 61.1 Å². The van der Waals surface area contributed by atoms with Gasteiger partial charge < -0.3 is 30.5 Å². The van der Waals surface area contributed by atoms with Crippen LogP contribution < -0.4 is 15.7 Å².